The van der Waals surface area contributed by atoms with Crippen molar-refractivity contribution in [2.75, 3.05) is 6.54 Å². The third-order valence-corrected chi connectivity index (χ3v) is 2.86. The fourth-order valence-electron chi connectivity index (χ4n) is 1.58. The van der Waals surface area contributed by atoms with E-state index in [4.69, 9.17) is 5.11 Å². The van der Waals surface area contributed by atoms with Crippen LogP contribution in [0.5, 0.6) is 0 Å². The molecule has 0 aromatic carbocycles. The van der Waals surface area contributed by atoms with Gasteiger partial charge in [-0.25, -0.2) is 0 Å². The monoisotopic (exact) mass is 284 g/mol. The van der Waals surface area contributed by atoms with Gasteiger partial charge in [0.25, 0.3) is 5.91 Å². The van der Waals surface area contributed by atoms with E-state index in [1.54, 1.807) is 0 Å². The second-order valence-electron chi connectivity index (χ2n) is 5.04. The van der Waals surface area contributed by atoms with Gasteiger partial charge in [-0.3, -0.25) is 24.4 Å². The molecule has 110 valence electrons. The largest absolute Gasteiger partial charge is 0.481 e. The van der Waals surface area contributed by atoms with Crippen LogP contribution >= 0.6 is 0 Å². The molecule has 1 amide bonds. The summed E-state index contributed by atoms with van der Waals surface area (Å²) in [5.41, 5.74) is -1.62. The van der Waals surface area contributed by atoms with E-state index >= 15 is 0 Å². The first-order valence-electron chi connectivity index (χ1n) is 5.77. The molecule has 0 aliphatic heterocycles. The molecule has 1 heterocycles. The molecule has 0 unspecified atom stereocenters. The van der Waals surface area contributed by atoms with Crippen LogP contribution < -0.4 is 5.32 Å². The Hall–Kier alpha value is -2.45. The topological polar surface area (TPSA) is 127 Å². The van der Waals surface area contributed by atoms with Crippen molar-refractivity contribution in [2.24, 2.45) is 12.5 Å². The van der Waals surface area contributed by atoms with E-state index < -0.39 is 22.2 Å². The van der Waals surface area contributed by atoms with Crippen molar-refractivity contribution in [3.63, 3.8) is 0 Å². The molecule has 1 rings (SSSR count). The Kier molecular flexibility index (Phi) is 4.11. The first-order valence-corrected chi connectivity index (χ1v) is 5.77. The van der Waals surface area contributed by atoms with Gasteiger partial charge >= 0.3 is 11.7 Å². The summed E-state index contributed by atoms with van der Waals surface area (Å²) in [4.78, 5) is 33.2. The van der Waals surface area contributed by atoms with Gasteiger partial charge in [-0.05, 0) is 20.8 Å². The van der Waals surface area contributed by atoms with Crippen LogP contribution in [-0.4, -0.2) is 38.2 Å². The molecule has 0 saturated carbocycles. The molecule has 0 bridgehead atoms. The fourth-order valence-corrected chi connectivity index (χ4v) is 1.58. The molecule has 1 aromatic rings. The van der Waals surface area contributed by atoms with E-state index in [0.29, 0.717) is 0 Å². The maximum Gasteiger partial charge on any atom is 0.322 e. The van der Waals surface area contributed by atoms with Crippen LogP contribution in [0.2, 0.25) is 0 Å². The average Bonchev–Trinajstić information content (AvgIpc) is 2.61. The molecule has 2 N–H and O–H groups in total. The number of carboxylic acids is 1. The summed E-state index contributed by atoms with van der Waals surface area (Å²) in [6.07, 6.45) is 0. The van der Waals surface area contributed by atoms with Crippen LogP contribution in [0.15, 0.2) is 0 Å². The predicted octanol–water partition coefficient (Wildman–Crippen LogP) is 0.477. The number of carbonyl (C=O) groups is 2. The quantitative estimate of drug-likeness (QED) is 0.597. The van der Waals surface area contributed by atoms with E-state index in [2.05, 4.69) is 10.4 Å². The van der Waals surface area contributed by atoms with Crippen LogP contribution in [-0.2, 0) is 11.8 Å². The first-order chi connectivity index (χ1) is 9.08. The summed E-state index contributed by atoms with van der Waals surface area (Å²) in [7, 11) is 1.41. The first kappa shape index (κ1) is 15.6. The highest BCUT2D eigenvalue weighted by molar-refractivity contribution is 5.97. The Labute approximate surface area is 114 Å². The number of hydrogen-bond donors (Lipinski definition) is 2. The van der Waals surface area contributed by atoms with Crippen molar-refractivity contribution in [3.8, 4) is 0 Å². The van der Waals surface area contributed by atoms with Gasteiger partial charge in [0, 0.05) is 13.6 Å². The Bertz CT molecular complexity index is 576. The molecule has 1 aromatic heterocycles. The van der Waals surface area contributed by atoms with Crippen molar-refractivity contribution in [3.05, 3.63) is 21.5 Å². The Morgan fingerprint density at radius 1 is 1.50 bits per heavy atom. The highest BCUT2D eigenvalue weighted by atomic mass is 16.6. The van der Waals surface area contributed by atoms with Crippen LogP contribution in [0.1, 0.15) is 30.0 Å². The third kappa shape index (κ3) is 2.92. The average molecular weight is 284 g/mol. The predicted molar refractivity (Wildman–Crippen MR) is 68.3 cm³/mol. The summed E-state index contributed by atoms with van der Waals surface area (Å²) in [5, 5.41) is 26.1. The zero-order chi connectivity index (χ0) is 15.7. The molecule has 0 aliphatic rings. The summed E-state index contributed by atoms with van der Waals surface area (Å²) >= 11 is 0. The fraction of sp³-hybridized carbons (Fsp3) is 0.545. The SMILES string of the molecule is Cc1nn(C)c(C(=O)NCC(C)(C)C(=O)O)c1[N+](=O)[O-]. The summed E-state index contributed by atoms with van der Waals surface area (Å²) in [6, 6.07) is 0. The minimum absolute atomic E-state index is 0.125. The highest BCUT2D eigenvalue weighted by Crippen LogP contribution is 2.22. The number of aliphatic carboxylic acids is 1. The maximum atomic E-state index is 12.0. The van der Waals surface area contributed by atoms with E-state index in [0.717, 1.165) is 4.68 Å². The molecule has 9 heteroatoms. The van der Waals surface area contributed by atoms with Gasteiger partial charge in [0.2, 0.25) is 5.69 Å². The Morgan fingerprint density at radius 3 is 2.50 bits per heavy atom. The molecule has 0 fully saturated rings. The van der Waals surface area contributed by atoms with Gasteiger partial charge in [0.1, 0.15) is 5.69 Å². The lowest BCUT2D eigenvalue weighted by Gasteiger charge is -2.19. The molecule has 20 heavy (non-hydrogen) atoms. The Balaban J connectivity index is 3.00. The zero-order valence-electron chi connectivity index (χ0n) is 11.6. The van der Waals surface area contributed by atoms with Gasteiger partial charge in [-0.2, -0.15) is 5.10 Å². The molecule has 0 spiro atoms. The molecular formula is C11H16N4O5. The molecule has 9 nitrogen and oxygen atoms in total. The lowest BCUT2D eigenvalue weighted by Crippen LogP contribution is -2.39. The number of carboxylic acid groups (broad SMARTS) is 1. The number of aryl methyl sites for hydroxylation is 2. The van der Waals surface area contributed by atoms with Gasteiger partial charge in [-0.1, -0.05) is 0 Å². The van der Waals surface area contributed by atoms with E-state index in [-0.39, 0.29) is 23.6 Å². The zero-order valence-corrected chi connectivity index (χ0v) is 11.6. The minimum Gasteiger partial charge on any atom is -0.481 e. The second kappa shape index (κ2) is 5.27. The Morgan fingerprint density at radius 2 is 2.05 bits per heavy atom. The minimum atomic E-state index is -1.17. The molecule has 0 radical (unpaired) electrons. The van der Waals surface area contributed by atoms with Gasteiger partial charge < -0.3 is 10.4 Å². The van der Waals surface area contributed by atoms with E-state index in [1.165, 1.54) is 27.8 Å². The van der Waals surface area contributed by atoms with E-state index in [1.807, 2.05) is 0 Å². The van der Waals surface area contributed by atoms with Crippen molar-refractivity contribution in [2.45, 2.75) is 20.8 Å². The lowest BCUT2D eigenvalue weighted by atomic mass is 9.94. The van der Waals surface area contributed by atoms with Gasteiger partial charge in [0.05, 0.1) is 10.3 Å². The number of carbonyl (C=O) groups excluding carboxylic acids is 1. The second-order valence-corrected chi connectivity index (χ2v) is 5.04. The van der Waals surface area contributed by atoms with Crippen molar-refractivity contribution in [1.29, 1.82) is 0 Å². The number of hydrogen-bond acceptors (Lipinski definition) is 5. The lowest BCUT2D eigenvalue weighted by molar-refractivity contribution is -0.385. The van der Waals surface area contributed by atoms with Crippen molar-refractivity contribution >= 4 is 17.6 Å². The van der Waals surface area contributed by atoms with Gasteiger partial charge in [0.15, 0.2) is 0 Å². The smallest absolute Gasteiger partial charge is 0.322 e. The highest BCUT2D eigenvalue weighted by Gasteiger charge is 2.32. The summed E-state index contributed by atoms with van der Waals surface area (Å²) in [5.74, 6) is -1.80. The summed E-state index contributed by atoms with van der Waals surface area (Å²) < 4.78 is 1.11. The molecular weight excluding hydrogens is 268 g/mol. The van der Waals surface area contributed by atoms with Crippen LogP contribution in [0.3, 0.4) is 0 Å². The normalized spacial score (nSPS) is 11.2. The maximum absolute atomic E-state index is 12.0. The molecule has 0 saturated heterocycles. The third-order valence-electron chi connectivity index (χ3n) is 2.86. The number of nitro groups is 1. The number of amides is 1. The van der Waals surface area contributed by atoms with Crippen LogP contribution in [0.4, 0.5) is 5.69 Å². The number of aromatic nitrogens is 2. The number of nitrogens with zero attached hydrogens (tertiary/aromatic N) is 3. The van der Waals surface area contributed by atoms with Gasteiger partial charge in [-0.15, -0.1) is 0 Å². The standard InChI is InChI=1S/C11H16N4O5/c1-6-7(15(19)20)8(14(4)13-6)9(16)12-5-11(2,3)10(17)18/h5H2,1-4H3,(H,12,16)(H,17,18). The number of rotatable bonds is 5. The molecule has 0 atom stereocenters. The van der Waals surface area contributed by atoms with Crippen LogP contribution in [0, 0.1) is 22.5 Å². The molecule has 0 aliphatic carbocycles. The van der Waals surface area contributed by atoms with Crippen molar-refractivity contribution < 1.29 is 19.6 Å². The van der Waals surface area contributed by atoms with E-state index in [9.17, 15) is 19.7 Å². The van der Waals surface area contributed by atoms with Crippen molar-refractivity contribution in [1.82, 2.24) is 15.1 Å². The number of nitrogens with one attached hydrogen (secondary N) is 1. The summed E-state index contributed by atoms with van der Waals surface area (Å²) in [6.45, 7) is 4.16. The van der Waals surface area contributed by atoms with Crippen LogP contribution in [0.25, 0.3) is 0 Å².